The number of carboxylic acid groups (broad SMARTS) is 1. The van der Waals surface area contributed by atoms with Gasteiger partial charge in [-0.3, -0.25) is 4.79 Å². The third-order valence-electron chi connectivity index (χ3n) is 3.38. The van der Waals surface area contributed by atoms with Crippen molar-refractivity contribution in [3.8, 4) is 11.5 Å². The molecule has 0 aliphatic carbocycles. The van der Waals surface area contributed by atoms with Crippen LogP contribution in [0, 0.1) is 11.8 Å². The summed E-state index contributed by atoms with van der Waals surface area (Å²) in [6.07, 6.45) is 1.30. The number of benzene rings is 1. The first kappa shape index (κ1) is 16.3. The molecule has 0 saturated heterocycles. The van der Waals surface area contributed by atoms with Crippen molar-refractivity contribution in [2.45, 2.75) is 19.8 Å². The molecule has 0 heterocycles. The average molecular weight is 281 g/mol. The Hall–Kier alpha value is -1.75. The van der Waals surface area contributed by atoms with Gasteiger partial charge >= 0.3 is 5.97 Å². The Balaban J connectivity index is 2.74. The van der Waals surface area contributed by atoms with E-state index in [0.29, 0.717) is 6.42 Å². The van der Waals surface area contributed by atoms with E-state index in [1.165, 1.54) is 0 Å². The van der Waals surface area contributed by atoms with Gasteiger partial charge in [0.05, 0.1) is 20.1 Å². The Morgan fingerprint density at radius 1 is 1.35 bits per heavy atom. The molecule has 0 aliphatic heterocycles. The highest BCUT2D eigenvalue weighted by atomic mass is 16.5. The van der Waals surface area contributed by atoms with Crippen LogP contribution in [-0.2, 0) is 11.2 Å². The molecule has 2 unspecified atom stereocenters. The van der Waals surface area contributed by atoms with Crippen LogP contribution in [0.5, 0.6) is 11.5 Å². The van der Waals surface area contributed by atoms with E-state index in [0.717, 1.165) is 23.5 Å². The summed E-state index contributed by atoms with van der Waals surface area (Å²) in [5.74, 6) is 0.386. The van der Waals surface area contributed by atoms with Crippen LogP contribution >= 0.6 is 0 Å². The molecule has 112 valence electrons. The van der Waals surface area contributed by atoms with Gasteiger partial charge in [0.25, 0.3) is 0 Å². The summed E-state index contributed by atoms with van der Waals surface area (Å²) in [6.45, 7) is 2.19. The van der Waals surface area contributed by atoms with Gasteiger partial charge in [0.1, 0.15) is 11.5 Å². The number of hydrogen-bond acceptors (Lipinski definition) is 4. The SMILES string of the molecule is COc1ccc(CC(C)CC(CN)C(=O)O)c(OC)c1. The van der Waals surface area contributed by atoms with E-state index >= 15 is 0 Å². The number of carbonyl (C=O) groups is 1. The van der Waals surface area contributed by atoms with Gasteiger partial charge in [0.2, 0.25) is 0 Å². The molecule has 0 bridgehead atoms. The number of hydrogen-bond donors (Lipinski definition) is 2. The summed E-state index contributed by atoms with van der Waals surface area (Å²) in [7, 11) is 3.22. The fourth-order valence-electron chi connectivity index (χ4n) is 2.26. The third kappa shape index (κ3) is 4.42. The summed E-state index contributed by atoms with van der Waals surface area (Å²) in [5, 5.41) is 9.04. The van der Waals surface area contributed by atoms with Gasteiger partial charge in [0.15, 0.2) is 0 Å². The minimum atomic E-state index is -0.832. The maximum Gasteiger partial charge on any atom is 0.307 e. The average Bonchev–Trinajstić information content (AvgIpc) is 2.44. The highest BCUT2D eigenvalue weighted by Gasteiger charge is 2.20. The zero-order valence-corrected chi connectivity index (χ0v) is 12.3. The molecule has 3 N–H and O–H groups in total. The quantitative estimate of drug-likeness (QED) is 0.761. The van der Waals surface area contributed by atoms with Gasteiger partial charge in [0, 0.05) is 12.6 Å². The second-order valence-corrected chi connectivity index (χ2v) is 4.99. The molecular formula is C15H23NO4. The molecule has 0 fully saturated rings. The van der Waals surface area contributed by atoms with Crippen LogP contribution in [0.1, 0.15) is 18.9 Å². The van der Waals surface area contributed by atoms with Crippen LogP contribution in [0.2, 0.25) is 0 Å². The molecule has 0 radical (unpaired) electrons. The lowest BCUT2D eigenvalue weighted by Crippen LogP contribution is -2.25. The maximum absolute atomic E-state index is 11.0. The molecule has 0 amide bonds. The minimum absolute atomic E-state index is 0.166. The lowest BCUT2D eigenvalue weighted by Gasteiger charge is -2.18. The van der Waals surface area contributed by atoms with Crippen molar-refractivity contribution in [3.05, 3.63) is 23.8 Å². The molecule has 5 nitrogen and oxygen atoms in total. The maximum atomic E-state index is 11.0. The highest BCUT2D eigenvalue weighted by Crippen LogP contribution is 2.28. The molecule has 0 saturated carbocycles. The molecule has 1 aromatic carbocycles. The van der Waals surface area contributed by atoms with E-state index in [9.17, 15) is 4.79 Å². The van der Waals surface area contributed by atoms with Crippen LogP contribution in [-0.4, -0.2) is 31.8 Å². The largest absolute Gasteiger partial charge is 0.497 e. The summed E-state index contributed by atoms with van der Waals surface area (Å²) in [5.41, 5.74) is 6.53. The normalized spacial score (nSPS) is 13.6. The number of ether oxygens (including phenoxy) is 2. The number of rotatable bonds is 8. The van der Waals surface area contributed by atoms with Crippen LogP contribution in [0.25, 0.3) is 0 Å². The van der Waals surface area contributed by atoms with E-state index in [-0.39, 0.29) is 12.5 Å². The summed E-state index contributed by atoms with van der Waals surface area (Å²) < 4.78 is 10.5. The van der Waals surface area contributed by atoms with Crippen LogP contribution in [0.4, 0.5) is 0 Å². The molecule has 1 aromatic rings. The van der Waals surface area contributed by atoms with Crippen molar-refractivity contribution in [2.75, 3.05) is 20.8 Å². The fraction of sp³-hybridized carbons (Fsp3) is 0.533. The molecule has 5 heteroatoms. The van der Waals surface area contributed by atoms with E-state index in [4.69, 9.17) is 20.3 Å². The summed E-state index contributed by atoms with van der Waals surface area (Å²) in [4.78, 5) is 11.0. The number of methoxy groups -OCH3 is 2. The van der Waals surface area contributed by atoms with Crippen molar-refractivity contribution < 1.29 is 19.4 Å². The predicted octanol–water partition coefficient (Wildman–Crippen LogP) is 1.93. The van der Waals surface area contributed by atoms with E-state index in [2.05, 4.69) is 0 Å². The lowest BCUT2D eigenvalue weighted by atomic mass is 9.90. The first-order chi connectivity index (χ1) is 9.51. The Kier molecular flexibility index (Phi) is 6.31. The standard InChI is InChI=1S/C15H23NO4/c1-10(7-12(9-16)15(17)18)6-11-4-5-13(19-2)8-14(11)20-3/h4-5,8,10,12H,6-7,9,16H2,1-3H3,(H,17,18). The Labute approximate surface area is 119 Å². The second-order valence-electron chi connectivity index (χ2n) is 4.99. The Morgan fingerprint density at radius 3 is 2.55 bits per heavy atom. The molecule has 0 aromatic heterocycles. The molecule has 2 atom stereocenters. The molecule has 0 aliphatic rings. The van der Waals surface area contributed by atoms with Crippen LogP contribution in [0.15, 0.2) is 18.2 Å². The first-order valence-electron chi connectivity index (χ1n) is 6.65. The van der Waals surface area contributed by atoms with Crippen molar-refractivity contribution >= 4 is 5.97 Å². The molecule has 1 rings (SSSR count). The van der Waals surface area contributed by atoms with Crippen molar-refractivity contribution in [3.63, 3.8) is 0 Å². The number of aliphatic carboxylic acids is 1. The van der Waals surface area contributed by atoms with E-state index in [1.807, 2.05) is 25.1 Å². The Morgan fingerprint density at radius 2 is 2.05 bits per heavy atom. The van der Waals surface area contributed by atoms with Gasteiger partial charge in [-0.25, -0.2) is 0 Å². The third-order valence-corrected chi connectivity index (χ3v) is 3.38. The van der Waals surface area contributed by atoms with Gasteiger partial charge in [-0.1, -0.05) is 13.0 Å². The highest BCUT2D eigenvalue weighted by molar-refractivity contribution is 5.70. The van der Waals surface area contributed by atoms with Gasteiger partial charge in [-0.2, -0.15) is 0 Å². The van der Waals surface area contributed by atoms with Crippen molar-refractivity contribution in [2.24, 2.45) is 17.6 Å². The van der Waals surface area contributed by atoms with Crippen molar-refractivity contribution in [1.29, 1.82) is 0 Å². The van der Waals surface area contributed by atoms with Crippen LogP contribution in [0.3, 0.4) is 0 Å². The molecular weight excluding hydrogens is 258 g/mol. The van der Waals surface area contributed by atoms with E-state index in [1.54, 1.807) is 14.2 Å². The second kappa shape index (κ2) is 7.75. The smallest absolute Gasteiger partial charge is 0.307 e. The first-order valence-corrected chi connectivity index (χ1v) is 6.65. The van der Waals surface area contributed by atoms with Gasteiger partial charge in [-0.05, 0) is 30.4 Å². The van der Waals surface area contributed by atoms with Gasteiger partial charge < -0.3 is 20.3 Å². The zero-order valence-electron chi connectivity index (χ0n) is 12.3. The van der Waals surface area contributed by atoms with Gasteiger partial charge in [-0.15, -0.1) is 0 Å². The monoisotopic (exact) mass is 281 g/mol. The predicted molar refractivity (Wildman–Crippen MR) is 77.2 cm³/mol. The zero-order chi connectivity index (χ0) is 15.1. The van der Waals surface area contributed by atoms with E-state index < -0.39 is 11.9 Å². The topological polar surface area (TPSA) is 81.8 Å². The molecule has 20 heavy (non-hydrogen) atoms. The lowest BCUT2D eigenvalue weighted by molar-refractivity contribution is -0.141. The van der Waals surface area contributed by atoms with Crippen molar-refractivity contribution in [1.82, 2.24) is 0 Å². The summed E-state index contributed by atoms with van der Waals surface area (Å²) in [6, 6.07) is 5.66. The molecule has 0 spiro atoms. The number of nitrogens with two attached hydrogens (primary N) is 1. The summed E-state index contributed by atoms with van der Waals surface area (Å²) >= 11 is 0. The minimum Gasteiger partial charge on any atom is -0.497 e. The number of carboxylic acids is 1. The fourth-order valence-corrected chi connectivity index (χ4v) is 2.26. The Bertz CT molecular complexity index is 447. The van der Waals surface area contributed by atoms with Crippen LogP contribution < -0.4 is 15.2 Å².